The van der Waals surface area contributed by atoms with E-state index in [1.54, 1.807) is 6.07 Å². The maximum atomic E-state index is 13.1. The minimum absolute atomic E-state index is 0.169. The Kier molecular flexibility index (Phi) is 6.14. The van der Waals surface area contributed by atoms with Gasteiger partial charge < -0.3 is 4.90 Å². The van der Waals surface area contributed by atoms with Gasteiger partial charge in [0.1, 0.15) is 5.92 Å². The quantitative estimate of drug-likeness (QED) is 0.561. The van der Waals surface area contributed by atoms with Crippen LogP contribution in [-0.4, -0.2) is 34.7 Å². The predicted octanol–water partition coefficient (Wildman–Crippen LogP) is 4.98. The van der Waals surface area contributed by atoms with Crippen molar-refractivity contribution in [1.29, 1.82) is 5.26 Å². The number of halogens is 3. The van der Waals surface area contributed by atoms with Gasteiger partial charge >= 0.3 is 6.18 Å². The summed E-state index contributed by atoms with van der Waals surface area (Å²) in [6.45, 7) is 0.582. The SMILES string of the molecule is N#C[C@H](C(=O)C1CCN(C(=O)c2ccc(C(F)(F)F)cc2)CC1)c1ccc2ccccc2n1. The standard InChI is InChI=1S/C25H20F3N3O2/c26-25(27,28)19-8-5-18(6-9-19)24(33)31-13-11-17(12-14-31)23(32)20(15-29)22-10-7-16-3-1-2-4-21(16)30-22/h1-10,17,20H,11-14H2/t20-/m0/s1. The Labute approximate surface area is 188 Å². The normalized spacial score (nSPS) is 15.8. The summed E-state index contributed by atoms with van der Waals surface area (Å²) in [5.41, 5.74) is 0.473. The van der Waals surface area contributed by atoms with Crippen LogP contribution >= 0.6 is 0 Å². The summed E-state index contributed by atoms with van der Waals surface area (Å²) in [5, 5.41) is 10.6. The molecule has 0 aliphatic carbocycles. The largest absolute Gasteiger partial charge is 0.416 e. The number of benzene rings is 2. The molecule has 3 aromatic rings. The first kappa shape index (κ1) is 22.5. The fourth-order valence-corrected chi connectivity index (χ4v) is 4.11. The summed E-state index contributed by atoms with van der Waals surface area (Å²) in [4.78, 5) is 31.8. The lowest BCUT2D eigenvalue weighted by atomic mass is 9.84. The van der Waals surface area contributed by atoms with Crippen LogP contribution in [0.15, 0.2) is 60.7 Å². The summed E-state index contributed by atoms with van der Waals surface area (Å²) in [6, 6.07) is 17.2. The minimum Gasteiger partial charge on any atom is -0.339 e. The van der Waals surface area contributed by atoms with E-state index in [4.69, 9.17) is 0 Å². The molecule has 2 heterocycles. The molecule has 0 unspecified atom stereocenters. The number of hydrogen-bond donors (Lipinski definition) is 0. The second kappa shape index (κ2) is 9.02. The Morgan fingerprint density at radius 3 is 2.30 bits per heavy atom. The maximum Gasteiger partial charge on any atom is 0.416 e. The number of carbonyl (C=O) groups is 2. The molecule has 1 fully saturated rings. The van der Waals surface area contributed by atoms with Crippen molar-refractivity contribution in [3.63, 3.8) is 0 Å². The molecule has 1 aliphatic heterocycles. The lowest BCUT2D eigenvalue weighted by molar-refractivity contribution is -0.137. The first-order valence-corrected chi connectivity index (χ1v) is 10.5. The number of para-hydroxylation sites is 1. The minimum atomic E-state index is -4.46. The van der Waals surface area contributed by atoms with E-state index in [9.17, 15) is 28.0 Å². The molecule has 0 bridgehead atoms. The topological polar surface area (TPSA) is 74.1 Å². The third kappa shape index (κ3) is 4.72. The van der Waals surface area contributed by atoms with Crippen molar-refractivity contribution >= 4 is 22.6 Å². The van der Waals surface area contributed by atoms with E-state index in [1.807, 2.05) is 30.3 Å². The fourth-order valence-electron chi connectivity index (χ4n) is 4.11. The summed E-state index contributed by atoms with van der Waals surface area (Å²) in [7, 11) is 0. The zero-order valence-corrected chi connectivity index (χ0v) is 17.5. The molecule has 1 saturated heterocycles. The molecule has 5 nitrogen and oxygen atoms in total. The van der Waals surface area contributed by atoms with Gasteiger partial charge in [-0.15, -0.1) is 0 Å². The summed E-state index contributed by atoms with van der Waals surface area (Å²) >= 11 is 0. The van der Waals surface area contributed by atoms with Crippen molar-refractivity contribution in [2.45, 2.75) is 24.9 Å². The number of rotatable bonds is 4. The molecule has 1 amide bonds. The third-order valence-electron chi connectivity index (χ3n) is 5.97. The van der Waals surface area contributed by atoms with Crippen molar-refractivity contribution in [2.75, 3.05) is 13.1 Å². The van der Waals surface area contributed by atoms with E-state index in [0.29, 0.717) is 37.1 Å². The summed E-state index contributed by atoms with van der Waals surface area (Å²) < 4.78 is 38.2. The van der Waals surface area contributed by atoms with Gasteiger partial charge in [0.15, 0.2) is 5.78 Å². The van der Waals surface area contributed by atoms with Gasteiger partial charge in [0.2, 0.25) is 0 Å². The number of likely N-dealkylation sites (tertiary alicyclic amines) is 1. The number of nitriles is 1. The highest BCUT2D eigenvalue weighted by Gasteiger charge is 2.34. The molecular weight excluding hydrogens is 431 g/mol. The molecule has 0 spiro atoms. The number of ketones is 1. The predicted molar refractivity (Wildman–Crippen MR) is 115 cm³/mol. The van der Waals surface area contributed by atoms with E-state index in [-0.39, 0.29) is 23.2 Å². The van der Waals surface area contributed by atoms with Gasteiger partial charge in [-0.25, -0.2) is 0 Å². The number of nitrogens with zero attached hydrogens (tertiary/aromatic N) is 3. The molecule has 1 aliphatic rings. The molecule has 0 N–H and O–H groups in total. The van der Waals surface area contributed by atoms with Crippen LogP contribution in [0.2, 0.25) is 0 Å². The molecule has 0 saturated carbocycles. The van der Waals surface area contributed by atoms with Crippen LogP contribution < -0.4 is 0 Å². The smallest absolute Gasteiger partial charge is 0.339 e. The van der Waals surface area contributed by atoms with E-state index in [0.717, 1.165) is 17.5 Å². The van der Waals surface area contributed by atoms with Gasteiger partial charge in [-0.2, -0.15) is 18.4 Å². The highest BCUT2D eigenvalue weighted by molar-refractivity contribution is 5.95. The average molecular weight is 451 g/mol. The van der Waals surface area contributed by atoms with Crippen molar-refractivity contribution in [3.8, 4) is 6.07 Å². The van der Waals surface area contributed by atoms with Crippen LogP contribution in [0.5, 0.6) is 0 Å². The number of hydrogen-bond acceptors (Lipinski definition) is 4. The lowest BCUT2D eigenvalue weighted by Crippen LogP contribution is -2.41. The van der Waals surface area contributed by atoms with E-state index < -0.39 is 17.7 Å². The number of fused-ring (bicyclic) bond motifs is 1. The van der Waals surface area contributed by atoms with E-state index in [2.05, 4.69) is 11.1 Å². The molecular formula is C25H20F3N3O2. The Hall–Kier alpha value is -3.73. The number of carbonyl (C=O) groups excluding carboxylic acids is 2. The van der Waals surface area contributed by atoms with E-state index in [1.165, 1.54) is 17.0 Å². The van der Waals surface area contributed by atoms with Gasteiger partial charge in [0, 0.05) is 30.0 Å². The van der Waals surface area contributed by atoms with Gasteiger partial charge in [-0.05, 0) is 49.2 Å². The van der Waals surface area contributed by atoms with Crippen LogP contribution in [0.1, 0.15) is 40.4 Å². The molecule has 1 atom stereocenters. The van der Waals surface area contributed by atoms with Crippen molar-refractivity contribution in [3.05, 3.63) is 77.5 Å². The Bertz CT molecular complexity index is 1220. The zero-order chi connectivity index (χ0) is 23.6. The molecule has 168 valence electrons. The third-order valence-corrected chi connectivity index (χ3v) is 5.97. The molecule has 4 rings (SSSR count). The Balaban J connectivity index is 1.41. The fraction of sp³-hybridized carbons (Fsp3) is 0.280. The van der Waals surface area contributed by atoms with Crippen molar-refractivity contribution in [2.24, 2.45) is 5.92 Å². The van der Waals surface area contributed by atoms with Gasteiger partial charge in [0.05, 0.1) is 22.8 Å². The average Bonchev–Trinajstić information content (AvgIpc) is 2.83. The van der Waals surface area contributed by atoms with Crippen LogP contribution in [0.25, 0.3) is 10.9 Å². The first-order chi connectivity index (χ1) is 15.8. The van der Waals surface area contributed by atoms with Gasteiger partial charge in [-0.1, -0.05) is 24.3 Å². The lowest BCUT2D eigenvalue weighted by Gasteiger charge is -2.32. The Morgan fingerprint density at radius 2 is 1.67 bits per heavy atom. The number of aromatic nitrogens is 1. The second-order valence-corrected chi connectivity index (χ2v) is 8.03. The molecule has 8 heteroatoms. The van der Waals surface area contributed by atoms with Gasteiger partial charge in [-0.3, -0.25) is 14.6 Å². The number of pyridine rings is 1. The molecule has 33 heavy (non-hydrogen) atoms. The molecule has 0 radical (unpaired) electrons. The van der Waals surface area contributed by atoms with Crippen LogP contribution in [0.4, 0.5) is 13.2 Å². The first-order valence-electron chi connectivity index (χ1n) is 10.5. The summed E-state index contributed by atoms with van der Waals surface area (Å²) in [5.74, 6) is -1.97. The van der Waals surface area contributed by atoms with Crippen LogP contribution in [-0.2, 0) is 11.0 Å². The second-order valence-electron chi connectivity index (χ2n) is 8.03. The molecule has 1 aromatic heterocycles. The summed E-state index contributed by atoms with van der Waals surface area (Å²) in [6.07, 6.45) is -3.69. The Morgan fingerprint density at radius 1 is 1.00 bits per heavy atom. The number of piperidine rings is 1. The van der Waals surface area contributed by atoms with Crippen molar-refractivity contribution in [1.82, 2.24) is 9.88 Å². The highest BCUT2D eigenvalue weighted by atomic mass is 19.4. The van der Waals surface area contributed by atoms with Crippen molar-refractivity contribution < 1.29 is 22.8 Å². The van der Waals surface area contributed by atoms with Gasteiger partial charge in [0.25, 0.3) is 5.91 Å². The van der Waals surface area contributed by atoms with E-state index >= 15 is 0 Å². The molecule has 2 aromatic carbocycles. The monoisotopic (exact) mass is 451 g/mol. The van der Waals surface area contributed by atoms with Crippen LogP contribution in [0, 0.1) is 17.2 Å². The maximum absolute atomic E-state index is 13.1. The number of Topliss-reactive ketones (excluding diaryl/α,β-unsaturated/α-hetero) is 1. The highest BCUT2D eigenvalue weighted by Crippen LogP contribution is 2.30. The number of amides is 1. The zero-order valence-electron chi connectivity index (χ0n) is 17.5. The van der Waals surface area contributed by atoms with Crippen LogP contribution in [0.3, 0.4) is 0 Å². The number of alkyl halides is 3.